The second-order valence-electron chi connectivity index (χ2n) is 5.24. The summed E-state index contributed by atoms with van der Waals surface area (Å²) in [6, 6.07) is 15.1. The molecular weight excluding hydrogens is 264 g/mol. The van der Waals surface area contributed by atoms with Crippen molar-refractivity contribution in [3.63, 3.8) is 0 Å². The Kier molecular flexibility index (Phi) is 3.22. The summed E-state index contributed by atoms with van der Waals surface area (Å²) in [7, 11) is 2.07. The molecule has 0 N–H and O–H groups in total. The van der Waals surface area contributed by atoms with Crippen molar-refractivity contribution in [1.82, 2.24) is 4.57 Å². The number of fused-ring (bicyclic) bond motifs is 1. The highest BCUT2D eigenvalue weighted by molar-refractivity contribution is 5.85. The van der Waals surface area contributed by atoms with Crippen molar-refractivity contribution in [3.8, 4) is 0 Å². The minimum absolute atomic E-state index is 0.133. The Morgan fingerprint density at radius 1 is 1.10 bits per heavy atom. The quantitative estimate of drug-likeness (QED) is 0.538. The van der Waals surface area contributed by atoms with E-state index < -0.39 is 0 Å². The summed E-state index contributed by atoms with van der Waals surface area (Å²) in [5, 5.41) is 12.0. The third-order valence-electron chi connectivity index (χ3n) is 4.06. The first-order valence-electron chi connectivity index (χ1n) is 6.84. The van der Waals surface area contributed by atoms with Crippen LogP contribution in [0.3, 0.4) is 0 Å². The molecule has 0 aliphatic heterocycles. The van der Waals surface area contributed by atoms with Gasteiger partial charge in [-0.1, -0.05) is 30.3 Å². The molecule has 3 rings (SSSR count). The number of nitrogens with zero attached hydrogens (tertiary/aromatic N) is 2. The maximum absolute atomic E-state index is 10.7. The smallest absolute Gasteiger partial charge is 0.269 e. The second kappa shape index (κ2) is 5.05. The monoisotopic (exact) mass is 280 g/mol. The maximum Gasteiger partial charge on any atom is 0.269 e. The summed E-state index contributed by atoms with van der Waals surface area (Å²) in [4.78, 5) is 10.3. The molecule has 0 spiro atoms. The van der Waals surface area contributed by atoms with Crippen molar-refractivity contribution >= 4 is 16.6 Å². The van der Waals surface area contributed by atoms with Gasteiger partial charge in [0.25, 0.3) is 5.69 Å². The molecule has 0 atom stereocenters. The van der Waals surface area contributed by atoms with E-state index in [-0.39, 0.29) is 10.6 Å². The van der Waals surface area contributed by atoms with Gasteiger partial charge in [0.05, 0.1) is 4.92 Å². The van der Waals surface area contributed by atoms with E-state index >= 15 is 0 Å². The first kappa shape index (κ1) is 13.4. The Morgan fingerprint density at radius 3 is 2.43 bits per heavy atom. The molecular formula is C17H16N2O2. The van der Waals surface area contributed by atoms with Crippen LogP contribution in [0, 0.1) is 17.0 Å². The van der Waals surface area contributed by atoms with Crippen molar-refractivity contribution in [1.29, 1.82) is 0 Å². The van der Waals surface area contributed by atoms with E-state index in [9.17, 15) is 10.1 Å². The lowest BCUT2D eigenvalue weighted by Gasteiger charge is -2.03. The lowest BCUT2D eigenvalue weighted by atomic mass is 10.0. The van der Waals surface area contributed by atoms with Crippen LogP contribution in [-0.4, -0.2) is 9.49 Å². The van der Waals surface area contributed by atoms with Crippen LogP contribution < -0.4 is 0 Å². The molecule has 21 heavy (non-hydrogen) atoms. The number of benzene rings is 2. The van der Waals surface area contributed by atoms with Crippen LogP contribution in [-0.2, 0) is 13.5 Å². The lowest BCUT2D eigenvalue weighted by molar-refractivity contribution is -0.384. The minimum Gasteiger partial charge on any atom is -0.348 e. The van der Waals surface area contributed by atoms with Crippen LogP contribution in [0.15, 0.2) is 48.5 Å². The van der Waals surface area contributed by atoms with E-state index in [1.54, 1.807) is 12.1 Å². The van der Waals surface area contributed by atoms with E-state index in [1.165, 1.54) is 22.2 Å². The van der Waals surface area contributed by atoms with E-state index in [1.807, 2.05) is 24.3 Å². The summed E-state index contributed by atoms with van der Waals surface area (Å²) in [6.45, 7) is 2.11. The van der Waals surface area contributed by atoms with Gasteiger partial charge in [-0.05, 0) is 30.5 Å². The number of rotatable bonds is 3. The topological polar surface area (TPSA) is 48.1 Å². The Hall–Kier alpha value is -2.62. The number of non-ortho nitro benzene ring substituents is 1. The number of aromatic nitrogens is 1. The highest BCUT2D eigenvalue weighted by Crippen LogP contribution is 2.27. The van der Waals surface area contributed by atoms with Crippen LogP contribution in [0.25, 0.3) is 10.9 Å². The number of hydrogen-bond acceptors (Lipinski definition) is 2. The maximum atomic E-state index is 10.7. The van der Waals surface area contributed by atoms with Crippen molar-refractivity contribution in [2.24, 2.45) is 7.05 Å². The Morgan fingerprint density at radius 2 is 1.76 bits per heavy atom. The molecule has 0 fully saturated rings. The summed E-state index contributed by atoms with van der Waals surface area (Å²) in [5.41, 5.74) is 4.94. The minimum atomic E-state index is -0.368. The molecule has 4 nitrogen and oxygen atoms in total. The molecule has 0 unspecified atom stereocenters. The van der Waals surface area contributed by atoms with Crippen LogP contribution in [0.5, 0.6) is 0 Å². The molecule has 4 heteroatoms. The van der Waals surface area contributed by atoms with Gasteiger partial charge in [0, 0.05) is 35.8 Å². The molecule has 0 saturated carbocycles. The van der Waals surface area contributed by atoms with Crippen LogP contribution in [0.4, 0.5) is 5.69 Å². The first-order valence-corrected chi connectivity index (χ1v) is 6.84. The predicted molar refractivity (Wildman–Crippen MR) is 83.6 cm³/mol. The van der Waals surface area contributed by atoms with E-state index in [0.29, 0.717) is 0 Å². The predicted octanol–water partition coefficient (Wildman–Crippen LogP) is 3.99. The van der Waals surface area contributed by atoms with Crippen molar-refractivity contribution in [2.45, 2.75) is 13.3 Å². The summed E-state index contributed by atoms with van der Waals surface area (Å²) < 4.78 is 2.19. The highest BCUT2D eigenvalue weighted by atomic mass is 16.6. The van der Waals surface area contributed by atoms with Crippen molar-refractivity contribution in [2.75, 3.05) is 0 Å². The number of nitro benzene ring substituents is 1. The fourth-order valence-corrected chi connectivity index (χ4v) is 2.76. The van der Waals surface area contributed by atoms with Crippen LogP contribution in [0.2, 0.25) is 0 Å². The molecule has 1 heterocycles. The van der Waals surface area contributed by atoms with E-state index in [4.69, 9.17) is 0 Å². The van der Waals surface area contributed by atoms with Gasteiger partial charge in [-0.3, -0.25) is 10.1 Å². The molecule has 0 radical (unpaired) electrons. The first-order chi connectivity index (χ1) is 10.1. The molecule has 106 valence electrons. The standard InChI is InChI=1S/C17H16N2O2/c1-12-16(15-5-3-4-6-17(15)18(12)2)11-13-7-9-14(10-8-13)19(20)21/h3-10H,11H2,1-2H3. The molecule has 0 saturated heterocycles. The number of nitro groups is 1. The molecule has 0 amide bonds. The summed E-state index contributed by atoms with van der Waals surface area (Å²) in [6.07, 6.45) is 0.783. The summed E-state index contributed by atoms with van der Waals surface area (Å²) in [5.74, 6) is 0. The average molecular weight is 280 g/mol. The highest BCUT2D eigenvalue weighted by Gasteiger charge is 2.12. The molecule has 3 aromatic rings. The number of aryl methyl sites for hydroxylation is 1. The Bertz CT molecular complexity index is 817. The molecule has 0 aliphatic carbocycles. The molecule has 2 aromatic carbocycles. The van der Waals surface area contributed by atoms with E-state index in [0.717, 1.165) is 12.0 Å². The molecule has 0 bridgehead atoms. The Balaban J connectivity index is 2.02. The van der Waals surface area contributed by atoms with Crippen LogP contribution in [0.1, 0.15) is 16.8 Å². The zero-order valence-corrected chi connectivity index (χ0v) is 12.0. The van der Waals surface area contributed by atoms with E-state index in [2.05, 4.69) is 30.7 Å². The van der Waals surface area contributed by atoms with Gasteiger partial charge in [-0.25, -0.2) is 0 Å². The van der Waals surface area contributed by atoms with Crippen LogP contribution >= 0.6 is 0 Å². The fraction of sp³-hybridized carbons (Fsp3) is 0.176. The van der Waals surface area contributed by atoms with Gasteiger partial charge in [0.15, 0.2) is 0 Å². The van der Waals surface area contributed by atoms with Gasteiger partial charge in [-0.15, -0.1) is 0 Å². The number of para-hydroxylation sites is 1. The largest absolute Gasteiger partial charge is 0.348 e. The zero-order chi connectivity index (χ0) is 15.0. The van der Waals surface area contributed by atoms with Gasteiger partial charge in [-0.2, -0.15) is 0 Å². The third-order valence-corrected chi connectivity index (χ3v) is 4.06. The fourth-order valence-electron chi connectivity index (χ4n) is 2.76. The number of hydrogen-bond donors (Lipinski definition) is 0. The molecule has 1 aromatic heterocycles. The van der Waals surface area contributed by atoms with Gasteiger partial charge < -0.3 is 4.57 Å². The summed E-state index contributed by atoms with van der Waals surface area (Å²) >= 11 is 0. The normalized spacial score (nSPS) is 11.0. The molecule has 0 aliphatic rings. The second-order valence-corrected chi connectivity index (χ2v) is 5.24. The van der Waals surface area contributed by atoms with Gasteiger partial charge in [0.1, 0.15) is 0 Å². The SMILES string of the molecule is Cc1c(Cc2ccc([N+](=O)[O-])cc2)c2ccccc2n1C. The zero-order valence-electron chi connectivity index (χ0n) is 12.0. The van der Waals surface area contributed by atoms with Crippen molar-refractivity contribution in [3.05, 3.63) is 75.5 Å². The van der Waals surface area contributed by atoms with Crippen molar-refractivity contribution < 1.29 is 4.92 Å². The van der Waals surface area contributed by atoms with Gasteiger partial charge in [0.2, 0.25) is 0 Å². The Labute approximate surface area is 122 Å². The third kappa shape index (κ3) is 2.29. The lowest BCUT2D eigenvalue weighted by Crippen LogP contribution is -1.94. The average Bonchev–Trinajstić information content (AvgIpc) is 2.73. The van der Waals surface area contributed by atoms with Gasteiger partial charge >= 0.3 is 0 Å².